The van der Waals surface area contributed by atoms with Crippen molar-refractivity contribution in [1.29, 1.82) is 0 Å². The number of ether oxygens (including phenoxy) is 3. The monoisotopic (exact) mass is 397 g/mol. The molecule has 24 heavy (non-hydrogen) atoms. The van der Waals surface area contributed by atoms with Crippen LogP contribution in [0.5, 0.6) is 17.2 Å². The zero-order chi connectivity index (χ0) is 17.7. The van der Waals surface area contributed by atoms with Crippen LogP contribution in [0.4, 0.5) is 10.1 Å². The molecule has 1 amide bonds. The van der Waals surface area contributed by atoms with Crippen LogP contribution in [0, 0.1) is 12.7 Å². The predicted octanol–water partition coefficient (Wildman–Crippen LogP) is 3.93. The van der Waals surface area contributed by atoms with Crippen LogP contribution in [0.3, 0.4) is 0 Å². The van der Waals surface area contributed by atoms with Gasteiger partial charge in [-0.05, 0) is 52.7 Å². The number of hydrogen-bond donors (Lipinski definition) is 1. The van der Waals surface area contributed by atoms with E-state index < -0.39 is 0 Å². The molecule has 2 aromatic carbocycles. The average Bonchev–Trinajstić information content (AvgIpc) is 2.55. The Morgan fingerprint density at radius 3 is 2.42 bits per heavy atom. The number of methoxy groups -OCH3 is 2. The number of nitrogens with one attached hydrogen (secondary N) is 1. The molecule has 0 radical (unpaired) electrons. The van der Waals surface area contributed by atoms with E-state index in [1.807, 2.05) is 6.92 Å². The summed E-state index contributed by atoms with van der Waals surface area (Å²) in [6, 6.07) is 7.43. The van der Waals surface area contributed by atoms with Gasteiger partial charge in [-0.15, -0.1) is 0 Å². The Hall–Kier alpha value is -2.28. The number of anilines is 1. The molecule has 0 saturated carbocycles. The van der Waals surface area contributed by atoms with E-state index in [1.54, 1.807) is 19.2 Å². The van der Waals surface area contributed by atoms with Gasteiger partial charge in [0.05, 0.1) is 18.7 Å². The summed E-state index contributed by atoms with van der Waals surface area (Å²) in [6.07, 6.45) is 0. The van der Waals surface area contributed by atoms with Crippen LogP contribution in [0.15, 0.2) is 34.8 Å². The van der Waals surface area contributed by atoms with E-state index in [1.165, 1.54) is 25.3 Å². The molecule has 0 spiro atoms. The summed E-state index contributed by atoms with van der Waals surface area (Å²) in [7, 11) is 3.07. The van der Waals surface area contributed by atoms with Gasteiger partial charge in [-0.25, -0.2) is 4.39 Å². The van der Waals surface area contributed by atoms with Gasteiger partial charge in [0.25, 0.3) is 5.91 Å². The summed E-state index contributed by atoms with van der Waals surface area (Å²) < 4.78 is 29.3. The second-order valence-electron chi connectivity index (χ2n) is 4.93. The van der Waals surface area contributed by atoms with Crippen molar-refractivity contribution in [1.82, 2.24) is 0 Å². The lowest BCUT2D eigenvalue weighted by atomic mass is 10.1. The Morgan fingerprint density at radius 1 is 1.12 bits per heavy atom. The van der Waals surface area contributed by atoms with Crippen LogP contribution in [-0.2, 0) is 4.79 Å². The minimum atomic E-state index is -0.389. The number of halogens is 2. The first-order valence-electron chi connectivity index (χ1n) is 7.05. The Morgan fingerprint density at radius 2 is 1.79 bits per heavy atom. The molecule has 2 aromatic rings. The molecule has 0 aliphatic carbocycles. The maximum absolute atomic E-state index is 13.0. The zero-order valence-corrected chi connectivity index (χ0v) is 15.1. The summed E-state index contributed by atoms with van der Waals surface area (Å²) in [5, 5.41) is 2.75. The molecule has 2 rings (SSSR count). The number of amides is 1. The third-order valence-electron chi connectivity index (χ3n) is 3.26. The molecular formula is C17H17BrFNO4. The summed E-state index contributed by atoms with van der Waals surface area (Å²) in [6.45, 7) is 1.63. The van der Waals surface area contributed by atoms with Crippen molar-refractivity contribution in [2.45, 2.75) is 6.92 Å². The van der Waals surface area contributed by atoms with E-state index in [0.717, 1.165) is 5.56 Å². The number of hydrogen-bond acceptors (Lipinski definition) is 4. The van der Waals surface area contributed by atoms with Crippen LogP contribution < -0.4 is 19.5 Å². The standard InChI is InChI=1S/C17H17BrFNO4/c1-10-6-15(22-2)16(23-3)8-13(10)20-17(21)9-24-14-5-4-11(19)7-12(14)18/h4-8H,9H2,1-3H3,(H,20,21). The SMILES string of the molecule is COc1cc(C)c(NC(=O)COc2ccc(F)cc2Br)cc1OC. The molecule has 0 aliphatic rings. The van der Waals surface area contributed by atoms with Gasteiger partial charge in [0.1, 0.15) is 11.6 Å². The first-order valence-corrected chi connectivity index (χ1v) is 7.84. The maximum atomic E-state index is 13.0. The fraction of sp³-hybridized carbons (Fsp3) is 0.235. The number of aryl methyl sites for hydroxylation is 1. The summed E-state index contributed by atoms with van der Waals surface area (Å²) in [4.78, 5) is 12.1. The van der Waals surface area contributed by atoms with Gasteiger partial charge in [-0.2, -0.15) is 0 Å². The second-order valence-corrected chi connectivity index (χ2v) is 5.79. The Bertz CT molecular complexity index is 752. The topological polar surface area (TPSA) is 56.8 Å². The Balaban J connectivity index is 2.04. The van der Waals surface area contributed by atoms with E-state index in [9.17, 15) is 9.18 Å². The molecule has 5 nitrogen and oxygen atoms in total. The fourth-order valence-electron chi connectivity index (χ4n) is 2.04. The van der Waals surface area contributed by atoms with Crippen LogP contribution in [0.25, 0.3) is 0 Å². The van der Waals surface area contributed by atoms with E-state index in [-0.39, 0.29) is 18.3 Å². The van der Waals surface area contributed by atoms with Crippen LogP contribution in [-0.4, -0.2) is 26.7 Å². The van der Waals surface area contributed by atoms with Crippen molar-refractivity contribution in [3.63, 3.8) is 0 Å². The van der Waals surface area contributed by atoms with Gasteiger partial charge in [0.2, 0.25) is 0 Å². The predicted molar refractivity (Wildman–Crippen MR) is 92.5 cm³/mol. The smallest absolute Gasteiger partial charge is 0.262 e. The van der Waals surface area contributed by atoms with Crippen LogP contribution in [0.1, 0.15) is 5.56 Å². The van der Waals surface area contributed by atoms with Crippen molar-refractivity contribution in [3.8, 4) is 17.2 Å². The van der Waals surface area contributed by atoms with Gasteiger partial charge in [-0.1, -0.05) is 0 Å². The van der Waals surface area contributed by atoms with Crippen molar-refractivity contribution in [2.24, 2.45) is 0 Å². The first-order chi connectivity index (χ1) is 11.4. The molecule has 0 saturated heterocycles. The summed E-state index contributed by atoms with van der Waals surface area (Å²) in [5.41, 5.74) is 1.42. The van der Waals surface area contributed by atoms with Gasteiger partial charge in [0, 0.05) is 11.8 Å². The highest BCUT2D eigenvalue weighted by Crippen LogP contribution is 2.33. The van der Waals surface area contributed by atoms with Crippen molar-refractivity contribution in [2.75, 3.05) is 26.1 Å². The highest BCUT2D eigenvalue weighted by atomic mass is 79.9. The fourth-order valence-corrected chi connectivity index (χ4v) is 2.50. The molecular weight excluding hydrogens is 381 g/mol. The average molecular weight is 398 g/mol. The molecule has 0 fully saturated rings. The zero-order valence-electron chi connectivity index (χ0n) is 13.5. The van der Waals surface area contributed by atoms with E-state index in [2.05, 4.69) is 21.2 Å². The van der Waals surface area contributed by atoms with Gasteiger partial charge in [0.15, 0.2) is 18.1 Å². The molecule has 1 N–H and O–H groups in total. The molecule has 0 aromatic heterocycles. The second kappa shape index (κ2) is 8.01. The summed E-state index contributed by atoms with van der Waals surface area (Å²) >= 11 is 3.18. The van der Waals surface area contributed by atoms with Gasteiger partial charge < -0.3 is 19.5 Å². The first kappa shape index (κ1) is 18.1. The highest BCUT2D eigenvalue weighted by molar-refractivity contribution is 9.10. The third kappa shape index (κ3) is 4.38. The van der Waals surface area contributed by atoms with Gasteiger partial charge >= 0.3 is 0 Å². The molecule has 128 valence electrons. The highest BCUT2D eigenvalue weighted by Gasteiger charge is 2.12. The lowest BCUT2D eigenvalue weighted by Crippen LogP contribution is -2.20. The molecule has 7 heteroatoms. The van der Waals surface area contributed by atoms with Crippen molar-refractivity contribution >= 4 is 27.5 Å². The molecule has 0 heterocycles. The molecule has 0 atom stereocenters. The van der Waals surface area contributed by atoms with E-state index >= 15 is 0 Å². The lowest BCUT2D eigenvalue weighted by molar-refractivity contribution is -0.118. The van der Waals surface area contributed by atoms with Crippen molar-refractivity contribution in [3.05, 3.63) is 46.2 Å². The minimum absolute atomic E-state index is 0.210. The molecule has 0 unspecified atom stereocenters. The van der Waals surface area contributed by atoms with E-state index in [4.69, 9.17) is 14.2 Å². The third-order valence-corrected chi connectivity index (χ3v) is 3.88. The normalized spacial score (nSPS) is 10.2. The summed E-state index contributed by atoms with van der Waals surface area (Å²) in [5.74, 6) is 0.747. The lowest BCUT2D eigenvalue weighted by Gasteiger charge is -2.14. The number of carbonyl (C=O) groups is 1. The largest absolute Gasteiger partial charge is 0.493 e. The maximum Gasteiger partial charge on any atom is 0.262 e. The van der Waals surface area contributed by atoms with Crippen molar-refractivity contribution < 1.29 is 23.4 Å². The Kier molecular flexibility index (Phi) is 6.03. The van der Waals surface area contributed by atoms with Gasteiger partial charge in [-0.3, -0.25) is 4.79 Å². The molecule has 0 bridgehead atoms. The van der Waals surface area contributed by atoms with Crippen LogP contribution >= 0.6 is 15.9 Å². The number of rotatable bonds is 6. The number of carbonyl (C=O) groups excluding carboxylic acids is 1. The number of benzene rings is 2. The molecule has 0 aliphatic heterocycles. The quantitative estimate of drug-likeness (QED) is 0.801. The van der Waals surface area contributed by atoms with E-state index in [0.29, 0.717) is 27.4 Å². The van der Waals surface area contributed by atoms with Crippen LogP contribution in [0.2, 0.25) is 0 Å². The minimum Gasteiger partial charge on any atom is -0.493 e. The Labute approximate surface area is 147 Å².